The highest BCUT2D eigenvalue weighted by molar-refractivity contribution is 9.10. The summed E-state index contributed by atoms with van der Waals surface area (Å²) in [6.45, 7) is 2.13. The van der Waals surface area contributed by atoms with Gasteiger partial charge in [-0.25, -0.2) is 8.42 Å². The van der Waals surface area contributed by atoms with E-state index in [9.17, 15) is 8.42 Å². The Bertz CT molecular complexity index is 717. The lowest BCUT2D eigenvalue weighted by molar-refractivity contribution is 0.462. The van der Waals surface area contributed by atoms with Crippen molar-refractivity contribution in [3.8, 4) is 0 Å². The predicted molar refractivity (Wildman–Crippen MR) is 81.8 cm³/mol. The molecule has 0 N–H and O–H groups in total. The molecule has 0 atom stereocenters. The van der Waals surface area contributed by atoms with Gasteiger partial charge in [0.15, 0.2) is 0 Å². The van der Waals surface area contributed by atoms with Gasteiger partial charge in [-0.1, -0.05) is 28.1 Å². The van der Waals surface area contributed by atoms with Gasteiger partial charge in [0.2, 0.25) is 10.0 Å². The van der Waals surface area contributed by atoms with Crippen LogP contribution in [0.25, 0.3) is 0 Å². The zero-order valence-electron chi connectivity index (χ0n) is 11.2. The summed E-state index contributed by atoms with van der Waals surface area (Å²) >= 11 is 3.28. The summed E-state index contributed by atoms with van der Waals surface area (Å²) in [6.07, 6.45) is 0. The molecular formula is C14H15BrN2O2S. The smallest absolute Gasteiger partial charge is 0.243 e. The largest absolute Gasteiger partial charge is 0.257 e. The number of pyridine rings is 1. The van der Waals surface area contributed by atoms with Crippen LogP contribution in [0.1, 0.15) is 11.4 Å². The Balaban J connectivity index is 2.26. The number of benzene rings is 1. The van der Waals surface area contributed by atoms with Crippen molar-refractivity contribution in [2.24, 2.45) is 0 Å². The molecule has 0 radical (unpaired) electrons. The number of hydrogen-bond donors (Lipinski definition) is 0. The molecule has 0 unspecified atom stereocenters. The molecule has 0 aliphatic rings. The fraction of sp³-hybridized carbons (Fsp3) is 0.214. The second kappa shape index (κ2) is 6.03. The molecule has 0 bridgehead atoms. The van der Waals surface area contributed by atoms with E-state index in [1.54, 1.807) is 31.3 Å². The van der Waals surface area contributed by atoms with Crippen molar-refractivity contribution < 1.29 is 8.42 Å². The Morgan fingerprint density at radius 2 is 1.90 bits per heavy atom. The van der Waals surface area contributed by atoms with Crippen LogP contribution in [-0.2, 0) is 16.6 Å². The van der Waals surface area contributed by atoms with Crippen molar-refractivity contribution in [3.63, 3.8) is 0 Å². The fourth-order valence-electron chi connectivity index (χ4n) is 1.81. The van der Waals surface area contributed by atoms with E-state index in [4.69, 9.17) is 0 Å². The highest BCUT2D eigenvalue weighted by Crippen LogP contribution is 2.20. The highest BCUT2D eigenvalue weighted by atomic mass is 79.9. The first-order chi connectivity index (χ1) is 9.39. The van der Waals surface area contributed by atoms with E-state index in [1.165, 1.54) is 4.31 Å². The molecule has 1 heterocycles. The molecule has 0 aliphatic carbocycles. The van der Waals surface area contributed by atoms with Gasteiger partial charge < -0.3 is 0 Å². The van der Waals surface area contributed by atoms with Gasteiger partial charge in [0, 0.05) is 17.2 Å². The number of halogens is 1. The monoisotopic (exact) mass is 354 g/mol. The number of nitrogens with zero attached hydrogens (tertiary/aromatic N) is 2. The van der Waals surface area contributed by atoms with Crippen LogP contribution >= 0.6 is 15.9 Å². The third-order valence-electron chi connectivity index (χ3n) is 2.83. The van der Waals surface area contributed by atoms with Gasteiger partial charge in [0.25, 0.3) is 0 Å². The molecule has 0 amide bonds. The standard InChI is InChI=1S/C14H15BrN2O2S/c1-11-5-3-7-13(16-11)10-17(2)20(18,19)14-8-4-6-12(15)9-14/h3-9H,10H2,1-2H3. The average Bonchev–Trinajstić information content (AvgIpc) is 2.38. The van der Waals surface area contributed by atoms with Crippen LogP contribution in [-0.4, -0.2) is 24.8 Å². The Labute approximate surface area is 127 Å². The van der Waals surface area contributed by atoms with Gasteiger partial charge in [-0.3, -0.25) is 4.98 Å². The van der Waals surface area contributed by atoms with Crippen molar-refractivity contribution >= 4 is 26.0 Å². The van der Waals surface area contributed by atoms with E-state index in [0.717, 1.165) is 15.9 Å². The van der Waals surface area contributed by atoms with Crippen molar-refractivity contribution in [2.75, 3.05) is 7.05 Å². The minimum absolute atomic E-state index is 0.247. The maximum Gasteiger partial charge on any atom is 0.243 e. The second-order valence-corrected chi connectivity index (χ2v) is 7.45. The molecular weight excluding hydrogens is 340 g/mol. The lowest BCUT2D eigenvalue weighted by Gasteiger charge is -2.17. The van der Waals surface area contributed by atoms with Crippen LogP contribution in [0.15, 0.2) is 51.8 Å². The Kier molecular flexibility index (Phi) is 4.57. The van der Waals surface area contributed by atoms with E-state index < -0.39 is 10.0 Å². The molecule has 4 nitrogen and oxygen atoms in total. The van der Waals surface area contributed by atoms with Crippen LogP contribution in [0.2, 0.25) is 0 Å². The van der Waals surface area contributed by atoms with Crippen LogP contribution < -0.4 is 0 Å². The van der Waals surface area contributed by atoms with E-state index >= 15 is 0 Å². The number of aryl methyl sites for hydroxylation is 1. The minimum Gasteiger partial charge on any atom is -0.257 e. The maximum atomic E-state index is 12.5. The molecule has 0 saturated carbocycles. The average molecular weight is 355 g/mol. The SMILES string of the molecule is Cc1cccc(CN(C)S(=O)(=O)c2cccc(Br)c2)n1. The summed E-state index contributed by atoms with van der Waals surface area (Å²) < 4.78 is 26.9. The van der Waals surface area contributed by atoms with Crippen LogP contribution in [0.3, 0.4) is 0 Å². The lowest BCUT2D eigenvalue weighted by atomic mass is 10.3. The molecule has 1 aromatic heterocycles. The molecule has 2 rings (SSSR count). The van der Waals surface area contributed by atoms with E-state index in [1.807, 2.05) is 25.1 Å². The maximum absolute atomic E-state index is 12.5. The summed E-state index contributed by atoms with van der Waals surface area (Å²) in [4.78, 5) is 4.59. The molecule has 20 heavy (non-hydrogen) atoms. The summed E-state index contributed by atoms with van der Waals surface area (Å²) in [5.41, 5.74) is 1.60. The molecule has 2 aromatic rings. The van der Waals surface area contributed by atoms with Gasteiger partial charge in [-0.15, -0.1) is 0 Å². The van der Waals surface area contributed by atoms with Crippen molar-refractivity contribution in [3.05, 3.63) is 58.3 Å². The highest BCUT2D eigenvalue weighted by Gasteiger charge is 2.21. The van der Waals surface area contributed by atoms with Gasteiger partial charge in [0.1, 0.15) is 0 Å². The normalized spacial score (nSPS) is 11.8. The molecule has 0 saturated heterocycles. The van der Waals surface area contributed by atoms with Crippen LogP contribution in [0.4, 0.5) is 0 Å². The van der Waals surface area contributed by atoms with Crippen molar-refractivity contribution in [1.82, 2.24) is 9.29 Å². The molecule has 0 aliphatic heterocycles. The summed E-state index contributed by atoms with van der Waals surface area (Å²) in [6, 6.07) is 12.2. The fourth-order valence-corrected chi connectivity index (χ4v) is 3.55. The van der Waals surface area contributed by atoms with Crippen LogP contribution in [0.5, 0.6) is 0 Å². The number of rotatable bonds is 4. The first kappa shape index (κ1) is 15.2. The van der Waals surface area contributed by atoms with Gasteiger partial charge >= 0.3 is 0 Å². The van der Waals surface area contributed by atoms with E-state index in [0.29, 0.717) is 0 Å². The number of aromatic nitrogens is 1. The van der Waals surface area contributed by atoms with Crippen LogP contribution in [0, 0.1) is 6.92 Å². The molecule has 106 valence electrons. The quantitative estimate of drug-likeness (QED) is 0.847. The molecule has 6 heteroatoms. The zero-order chi connectivity index (χ0) is 14.8. The number of hydrogen-bond acceptors (Lipinski definition) is 3. The molecule has 0 fully saturated rings. The summed E-state index contributed by atoms with van der Waals surface area (Å²) in [5, 5.41) is 0. The summed E-state index contributed by atoms with van der Waals surface area (Å²) in [7, 11) is -1.95. The predicted octanol–water partition coefficient (Wildman–Crippen LogP) is 2.97. The second-order valence-electron chi connectivity index (χ2n) is 4.49. The minimum atomic E-state index is -3.51. The van der Waals surface area contributed by atoms with E-state index in [2.05, 4.69) is 20.9 Å². The first-order valence-corrected chi connectivity index (χ1v) is 8.27. The summed E-state index contributed by atoms with van der Waals surface area (Å²) in [5.74, 6) is 0. The van der Waals surface area contributed by atoms with Crippen molar-refractivity contribution in [2.45, 2.75) is 18.4 Å². The van der Waals surface area contributed by atoms with Crippen molar-refractivity contribution in [1.29, 1.82) is 0 Å². The van der Waals surface area contributed by atoms with Gasteiger partial charge in [-0.2, -0.15) is 4.31 Å². The number of sulfonamides is 1. The first-order valence-electron chi connectivity index (χ1n) is 6.04. The third-order valence-corrected chi connectivity index (χ3v) is 5.13. The Hall–Kier alpha value is -1.24. The molecule has 1 aromatic carbocycles. The van der Waals surface area contributed by atoms with E-state index in [-0.39, 0.29) is 11.4 Å². The van der Waals surface area contributed by atoms with Gasteiger partial charge in [-0.05, 0) is 37.3 Å². The third kappa shape index (κ3) is 3.45. The Morgan fingerprint density at radius 3 is 2.55 bits per heavy atom. The lowest BCUT2D eigenvalue weighted by Crippen LogP contribution is -2.27. The topological polar surface area (TPSA) is 50.3 Å². The van der Waals surface area contributed by atoms with Gasteiger partial charge in [0.05, 0.1) is 17.1 Å². The molecule has 0 spiro atoms. The Morgan fingerprint density at radius 1 is 1.20 bits per heavy atom. The zero-order valence-corrected chi connectivity index (χ0v) is 13.6.